The summed E-state index contributed by atoms with van der Waals surface area (Å²) < 4.78 is 23.4. The number of unbranched alkanes of at least 4 members (excludes halogenated alkanes) is 38. The summed E-state index contributed by atoms with van der Waals surface area (Å²) in [6, 6.07) is -0.916. The Bertz CT molecular complexity index is 1500. The molecule has 0 aliphatic carbocycles. The number of nitrogens with zero attached hydrogens (tertiary/aromatic N) is 1. The number of carbonyl (C=O) groups excluding carboxylic acids is 1. The standard InChI is InChI=1S/C69H129N2O6P/c1-6-8-10-12-14-16-18-20-22-24-26-28-30-32-34-35-37-38-40-42-44-46-48-50-52-54-56-58-60-62-68(72)67(66-77-78(74,75)76-65-64-71(3,4)5)70-69(73)63-61-59-57-55-53-51-49-47-45-43-41-39-36-33-31-29-27-25-23-21-19-17-15-13-11-9-7-2/h19,21,25,27,31,33,44,46,52,54,60,62,67-68,72H,6-18,20,22-24,26,28-30,32,34-43,45,47-51,53,55-59,61,63-66H2,1-5H3,(H-,70,73,74,75)/b21-19-,27-25-,33-31-,46-44+,54-52+,62-60+. The van der Waals surface area contributed by atoms with E-state index in [2.05, 4.69) is 79.9 Å². The van der Waals surface area contributed by atoms with Gasteiger partial charge in [0.2, 0.25) is 5.91 Å². The number of aliphatic hydroxyl groups is 1. The molecule has 0 aromatic rings. The molecule has 0 fully saturated rings. The van der Waals surface area contributed by atoms with E-state index in [0.29, 0.717) is 17.4 Å². The summed E-state index contributed by atoms with van der Waals surface area (Å²) in [7, 11) is 1.23. The molecule has 0 radical (unpaired) electrons. The highest BCUT2D eigenvalue weighted by Gasteiger charge is 2.23. The molecule has 0 aromatic heterocycles. The normalized spacial score (nSPS) is 14.2. The molecule has 3 atom stereocenters. The van der Waals surface area contributed by atoms with Crippen molar-refractivity contribution in [3.63, 3.8) is 0 Å². The van der Waals surface area contributed by atoms with Crippen molar-refractivity contribution in [3.8, 4) is 0 Å². The second-order valence-electron chi connectivity index (χ2n) is 23.8. The van der Waals surface area contributed by atoms with E-state index < -0.39 is 26.6 Å². The fraction of sp³-hybridized carbons (Fsp3) is 0.812. The molecule has 0 heterocycles. The minimum Gasteiger partial charge on any atom is -0.756 e. The fourth-order valence-corrected chi connectivity index (χ4v) is 10.4. The quantitative estimate of drug-likeness (QED) is 0.0272. The van der Waals surface area contributed by atoms with Gasteiger partial charge in [0.1, 0.15) is 13.2 Å². The number of carbonyl (C=O) groups is 1. The Morgan fingerprint density at radius 2 is 0.756 bits per heavy atom. The van der Waals surface area contributed by atoms with Gasteiger partial charge in [-0.3, -0.25) is 9.36 Å². The smallest absolute Gasteiger partial charge is 0.268 e. The number of allylic oxidation sites excluding steroid dienone is 11. The third-order valence-electron chi connectivity index (χ3n) is 14.9. The summed E-state index contributed by atoms with van der Waals surface area (Å²) in [6.07, 6.45) is 83.0. The van der Waals surface area contributed by atoms with E-state index in [9.17, 15) is 19.4 Å². The zero-order valence-corrected chi connectivity index (χ0v) is 53.0. The van der Waals surface area contributed by atoms with Crippen molar-refractivity contribution in [2.24, 2.45) is 0 Å². The topological polar surface area (TPSA) is 108 Å². The molecule has 1 amide bonds. The Morgan fingerprint density at radius 1 is 0.449 bits per heavy atom. The maximum absolute atomic E-state index is 13.0. The van der Waals surface area contributed by atoms with E-state index >= 15 is 0 Å². The second kappa shape index (κ2) is 59.6. The van der Waals surface area contributed by atoms with Crippen LogP contribution in [0.2, 0.25) is 0 Å². The van der Waals surface area contributed by atoms with Crippen LogP contribution in [-0.2, 0) is 18.4 Å². The average Bonchev–Trinajstić information content (AvgIpc) is 3.41. The van der Waals surface area contributed by atoms with Gasteiger partial charge in [-0.25, -0.2) is 0 Å². The maximum Gasteiger partial charge on any atom is 0.268 e. The summed E-state index contributed by atoms with van der Waals surface area (Å²) in [5.41, 5.74) is 0. The maximum atomic E-state index is 13.0. The van der Waals surface area contributed by atoms with E-state index in [0.717, 1.165) is 57.8 Å². The van der Waals surface area contributed by atoms with Crippen molar-refractivity contribution in [2.75, 3.05) is 40.9 Å². The van der Waals surface area contributed by atoms with E-state index in [1.165, 1.54) is 231 Å². The average molecular weight is 1110 g/mol. The molecule has 0 aliphatic rings. The first kappa shape index (κ1) is 75.9. The van der Waals surface area contributed by atoms with Gasteiger partial charge in [-0.15, -0.1) is 0 Å². The van der Waals surface area contributed by atoms with Gasteiger partial charge in [0.25, 0.3) is 7.82 Å². The molecule has 9 heteroatoms. The highest BCUT2D eigenvalue weighted by molar-refractivity contribution is 7.45. The number of rotatable bonds is 61. The first-order chi connectivity index (χ1) is 38.0. The highest BCUT2D eigenvalue weighted by atomic mass is 31.2. The van der Waals surface area contributed by atoms with Crippen molar-refractivity contribution >= 4 is 13.7 Å². The van der Waals surface area contributed by atoms with E-state index in [1.807, 2.05) is 27.2 Å². The zero-order chi connectivity index (χ0) is 57.0. The van der Waals surface area contributed by atoms with Crippen LogP contribution in [-0.4, -0.2) is 68.5 Å². The van der Waals surface area contributed by atoms with Gasteiger partial charge >= 0.3 is 0 Å². The van der Waals surface area contributed by atoms with Crippen molar-refractivity contribution in [1.82, 2.24) is 5.32 Å². The number of quaternary nitrogens is 1. The predicted octanol–water partition coefficient (Wildman–Crippen LogP) is 20.4. The number of likely N-dealkylation sites (N-methyl/N-ethyl adjacent to an activating group) is 1. The van der Waals surface area contributed by atoms with Crippen LogP contribution in [0.25, 0.3) is 0 Å². The van der Waals surface area contributed by atoms with Crippen LogP contribution in [0.5, 0.6) is 0 Å². The molecule has 78 heavy (non-hydrogen) atoms. The number of aliphatic hydroxyl groups excluding tert-OH is 1. The third-order valence-corrected chi connectivity index (χ3v) is 15.8. The predicted molar refractivity (Wildman–Crippen MR) is 339 cm³/mol. The molecule has 456 valence electrons. The molecule has 0 bridgehead atoms. The van der Waals surface area contributed by atoms with E-state index in [1.54, 1.807) is 6.08 Å². The van der Waals surface area contributed by atoms with E-state index in [-0.39, 0.29) is 12.5 Å². The lowest BCUT2D eigenvalue weighted by Crippen LogP contribution is -2.45. The first-order valence-electron chi connectivity index (χ1n) is 33.3. The molecule has 0 rings (SSSR count). The Kier molecular flexibility index (Phi) is 58.0. The summed E-state index contributed by atoms with van der Waals surface area (Å²) in [5, 5.41) is 13.9. The summed E-state index contributed by atoms with van der Waals surface area (Å²) in [6.45, 7) is 4.64. The van der Waals surface area contributed by atoms with Crippen LogP contribution in [0.15, 0.2) is 72.9 Å². The lowest BCUT2D eigenvalue weighted by molar-refractivity contribution is -0.870. The van der Waals surface area contributed by atoms with Crippen LogP contribution in [0.1, 0.15) is 309 Å². The number of amides is 1. The van der Waals surface area contributed by atoms with Gasteiger partial charge in [0.15, 0.2) is 0 Å². The zero-order valence-electron chi connectivity index (χ0n) is 52.1. The minimum absolute atomic E-state index is 0.0115. The van der Waals surface area contributed by atoms with Gasteiger partial charge in [0.05, 0.1) is 39.9 Å². The second-order valence-corrected chi connectivity index (χ2v) is 25.2. The van der Waals surface area contributed by atoms with Crippen LogP contribution >= 0.6 is 7.82 Å². The number of nitrogens with one attached hydrogen (secondary N) is 1. The van der Waals surface area contributed by atoms with Crippen molar-refractivity contribution in [3.05, 3.63) is 72.9 Å². The van der Waals surface area contributed by atoms with Gasteiger partial charge in [0, 0.05) is 6.42 Å². The lowest BCUT2D eigenvalue weighted by Gasteiger charge is -2.29. The molecule has 8 nitrogen and oxygen atoms in total. The molecule has 0 saturated carbocycles. The largest absolute Gasteiger partial charge is 0.756 e. The molecule has 3 unspecified atom stereocenters. The van der Waals surface area contributed by atoms with Crippen molar-refractivity contribution in [1.29, 1.82) is 0 Å². The molecular weight excluding hydrogens is 984 g/mol. The summed E-state index contributed by atoms with van der Waals surface area (Å²) in [4.78, 5) is 25.6. The molecule has 0 aromatic carbocycles. The molecular formula is C69H129N2O6P. The highest BCUT2D eigenvalue weighted by Crippen LogP contribution is 2.38. The number of phosphoric ester groups is 1. The first-order valence-corrected chi connectivity index (χ1v) is 34.8. The van der Waals surface area contributed by atoms with Crippen LogP contribution in [0.3, 0.4) is 0 Å². The van der Waals surface area contributed by atoms with Crippen LogP contribution in [0, 0.1) is 0 Å². The molecule has 0 saturated heterocycles. The Labute approximate surface area is 484 Å². The van der Waals surface area contributed by atoms with Gasteiger partial charge < -0.3 is 28.8 Å². The van der Waals surface area contributed by atoms with Crippen LogP contribution in [0.4, 0.5) is 0 Å². The lowest BCUT2D eigenvalue weighted by atomic mass is 10.0. The number of hydrogen-bond donors (Lipinski definition) is 2. The van der Waals surface area contributed by atoms with Crippen molar-refractivity contribution < 1.29 is 32.9 Å². The third kappa shape index (κ3) is 61.6. The Balaban J connectivity index is 4.19. The van der Waals surface area contributed by atoms with Crippen molar-refractivity contribution in [2.45, 2.75) is 321 Å². The van der Waals surface area contributed by atoms with Gasteiger partial charge in [-0.1, -0.05) is 292 Å². The van der Waals surface area contributed by atoms with E-state index in [4.69, 9.17) is 9.05 Å². The SMILES string of the molecule is CCCCCCC/C=C\C/C=C\C/C=C\CCCCCCCCCCCCCCC(=O)NC(COP(=O)([O-])OCC[N+](C)(C)C)C(O)/C=C/CC/C=C/CC/C=C/CCCCCCCCCCCCCCCCCCCCC. The molecule has 0 aliphatic heterocycles. The molecule has 0 spiro atoms. The van der Waals surface area contributed by atoms with Gasteiger partial charge in [-0.05, 0) is 83.5 Å². The summed E-state index contributed by atoms with van der Waals surface area (Å²) in [5.74, 6) is -0.212. The monoisotopic (exact) mass is 1110 g/mol. The van der Waals surface area contributed by atoms with Crippen LogP contribution < -0.4 is 10.2 Å². The minimum atomic E-state index is -4.62. The Morgan fingerprint density at radius 3 is 1.13 bits per heavy atom. The Hall–Kier alpha value is -2.06. The fourth-order valence-electron chi connectivity index (χ4n) is 9.67. The number of phosphoric acid groups is 1. The summed E-state index contributed by atoms with van der Waals surface area (Å²) >= 11 is 0. The number of hydrogen-bond acceptors (Lipinski definition) is 6. The van der Waals surface area contributed by atoms with Gasteiger partial charge in [-0.2, -0.15) is 0 Å². The molecule has 2 N–H and O–H groups in total.